The number of rotatable bonds is 6. The third-order valence-electron chi connectivity index (χ3n) is 4.63. The van der Waals surface area contributed by atoms with Crippen LogP contribution in [0.25, 0.3) is 0 Å². The number of aromatic nitrogens is 2. The smallest absolute Gasteiger partial charge is 0.306 e. The Morgan fingerprint density at radius 1 is 1.31 bits per heavy atom. The second kappa shape index (κ2) is 7.90. The summed E-state index contributed by atoms with van der Waals surface area (Å²) < 4.78 is 5.15. The van der Waals surface area contributed by atoms with Crippen molar-refractivity contribution in [3.05, 3.63) is 36.2 Å². The number of aliphatic carboxylic acids is 1. The lowest BCUT2D eigenvalue weighted by atomic mass is 9.97. The summed E-state index contributed by atoms with van der Waals surface area (Å²) in [4.78, 5) is 21.6. The van der Waals surface area contributed by atoms with E-state index < -0.39 is 5.97 Å². The standard InChI is InChI=1S/C18H23N5O3/c1-26-14-4-2-12(3-5-14)10-20-16-15(19)17(22-11-21-16)23-8-6-13(7-9-23)18(24)25/h2-5,11,13H,6-10,19H2,1H3,(H,24,25)(H,20,21,22). The van der Waals surface area contributed by atoms with E-state index >= 15 is 0 Å². The van der Waals surface area contributed by atoms with Crippen LogP contribution in [0, 0.1) is 5.92 Å². The van der Waals surface area contributed by atoms with E-state index in [1.165, 1.54) is 6.33 Å². The number of carbonyl (C=O) groups is 1. The molecule has 1 saturated heterocycles. The fraction of sp³-hybridized carbons (Fsp3) is 0.389. The summed E-state index contributed by atoms with van der Waals surface area (Å²) in [6.07, 6.45) is 2.66. The fourth-order valence-corrected chi connectivity index (χ4v) is 3.05. The Bertz CT molecular complexity index is 758. The fourth-order valence-electron chi connectivity index (χ4n) is 3.05. The topological polar surface area (TPSA) is 114 Å². The Hall–Kier alpha value is -3.03. The predicted octanol–water partition coefficient (Wildman–Crippen LogP) is 1.98. The molecule has 8 nitrogen and oxygen atoms in total. The zero-order valence-corrected chi connectivity index (χ0v) is 14.7. The number of piperidine rings is 1. The van der Waals surface area contributed by atoms with Crippen molar-refractivity contribution >= 4 is 23.3 Å². The molecule has 3 rings (SSSR count). The van der Waals surface area contributed by atoms with Crippen LogP contribution in [-0.4, -0.2) is 41.2 Å². The third kappa shape index (κ3) is 3.96. The van der Waals surface area contributed by atoms with Gasteiger partial charge in [0.25, 0.3) is 0 Å². The van der Waals surface area contributed by atoms with Crippen LogP contribution in [-0.2, 0) is 11.3 Å². The maximum atomic E-state index is 11.1. The number of hydrogen-bond donors (Lipinski definition) is 3. The molecule has 4 N–H and O–H groups in total. The molecular weight excluding hydrogens is 334 g/mol. The summed E-state index contributed by atoms with van der Waals surface area (Å²) in [6, 6.07) is 7.75. The lowest BCUT2D eigenvalue weighted by Gasteiger charge is -2.31. The van der Waals surface area contributed by atoms with Gasteiger partial charge >= 0.3 is 5.97 Å². The minimum Gasteiger partial charge on any atom is -0.497 e. The van der Waals surface area contributed by atoms with Crippen molar-refractivity contribution in [1.29, 1.82) is 0 Å². The number of methoxy groups -OCH3 is 1. The lowest BCUT2D eigenvalue weighted by Crippen LogP contribution is -2.37. The van der Waals surface area contributed by atoms with E-state index in [4.69, 9.17) is 15.6 Å². The Labute approximate surface area is 152 Å². The van der Waals surface area contributed by atoms with E-state index in [1.807, 2.05) is 29.2 Å². The molecule has 26 heavy (non-hydrogen) atoms. The van der Waals surface area contributed by atoms with E-state index in [0.717, 1.165) is 11.3 Å². The molecular formula is C18H23N5O3. The first kappa shape index (κ1) is 17.8. The first-order valence-corrected chi connectivity index (χ1v) is 8.53. The largest absolute Gasteiger partial charge is 0.497 e. The highest BCUT2D eigenvalue weighted by Gasteiger charge is 2.26. The number of carboxylic acid groups (broad SMARTS) is 1. The van der Waals surface area contributed by atoms with Gasteiger partial charge in [-0.3, -0.25) is 4.79 Å². The highest BCUT2D eigenvalue weighted by molar-refractivity contribution is 5.75. The second-order valence-corrected chi connectivity index (χ2v) is 6.26. The van der Waals surface area contributed by atoms with Gasteiger partial charge in [-0.25, -0.2) is 9.97 Å². The Morgan fingerprint density at radius 3 is 2.62 bits per heavy atom. The monoisotopic (exact) mass is 357 g/mol. The van der Waals surface area contributed by atoms with Crippen molar-refractivity contribution in [2.75, 3.05) is 36.1 Å². The number of anilines is 3. The molecule has 0 atom stereocenters. The summed E-state index contributed by atoms with van der Waals surface area (Å²) in [6.45, 7) is 1.82. The van der Waals surface area contributed by atoms with Gasteiger partial charge in [0.1, 0.15) is 17.8 Å². The molecule has 1 aromatic carbocycles. The molecule has 1 aliphatic rings. The maximum Gasteiger partial charge on any atom is 0.306 e. The third-order valence-corrected chi connectivity index (χ3v) is 4.63. The summed E-state index contributed by atoms with van der Waals surface area (Å²) in [5.41, 5.74) is 7.81. The van der Waals surface area contributed by atoms with Gasteiger partial charge < -0.3 is 25.8 Å². The number of nitrogens with one attached hydrogen (secondary N) is 1. The Morgan fingerprint density at radius 2 is 2.00 bits per heavy atom. The number of nitrogens with zero attached hydrogens (tertiary/aromatic N) is 3. The normalized spacial score (nSPS) is 14.9. The minimum absolute atomic E-state index is 0.290. The highest BCUT2D eigenvalue weighted by atomic mass is 16.5. The number of nitrogen functional groups attached to an aromatic ring is 1. The van der Waals surface area contributed by atoms with Crippen molar-refractivity contribution in [3.63, 3.8) is 0 Å². The number of ether oxygens (including phenoxy) is 1. The van der Waals surface area contributed by atoms with E-state index in [0.29, 0.717) is 49.8 Å². The first-order chi connectivity index (χ1) is 12.6. The molecule has 1 fully saturated rings. The molecule has 2 heterocycles. The van der Waals surface area contributed by atoms with Crippen LogP contribution >= 0.6 is 0 Å². The molecule has 2 aromatic rings. The zero-order chi connectivity index (χ0) is 18.5. The number of carboxylic acids is 1. The number of hydrogen-bond acceptors (Lipinski definition) is 7. The molecule has 0 spiro atoms. The van der Waals surface area contributed by atoms with Crippen LogP contribution in [0.1, 0.15) is 18.4 Å². The molecule has 0 unspecified atom stereocenters. The van der Waals surface area contributed by atoms with Gasteiger partial charge in [0.05, 0.1) is 13.0 Å². The molecule has 1 aliphatic heterocycles. The molecule has 0 saturated carbocycles. The minimum atomic E-state index is -0.734. The van der Waals surface area contributed by atoms with Gasteiger partial charge in [-0.2, -0.15) is 0 Å². The van der Waals surface area contributed by atoms with Gasteiger partial charge in [0, 0.05) is 19.6 Å². The van der Waals surface area contributed by atoms with Crippen LogP contribution in [0.3, 0.4) is 0 Å². The highest BCUT2D eigenvalue weighted by Crippen LogP contribution is 2.30. The summed E-state index contributed by atoms with van der Waals surface area (Å²) >= 11 is 0. The molecule has 1 aromatic heterocycles. The van der Waals surface area contributed by atoms with Crippen molar-refractivity contribution in [3.8, 4) is 5.75 Å². The SMILES string of the molecule is COc1ccc(CNc2ncnc(N3CCC(C(=O)O)CC3)c2N)cc1. The number of nitrogens with two attached hydrogens (primary N) is 1. The van der Waals surface area contributed by atoms with E-state index in [1.54, 1.807) is 7.11 Å². The predicted molar refractivity (Wildman–Crippen MR) is 99.3 cm³/mol. The van der Waals surface area contributed by atoms with Gasteiger partial charge in [0.2, 0.25) is 0 Å². The molecule has 0 bridgehead atoms. The van der Waals surface area contributed by atoms with Crippen LogP contribution in [0.15, 0.2) is 30.6 Å². The molecule has 0 amide bonds. The van der Waals surface area contributed by atoms with Gasteiger partial charge in [-0.1, -0.05) is 12.1 Å². The van der Waals surface area contributed by atoms with Crippen molar-refractivity contribution in [2.24, 2.45) is 5.92 Å². The number of benzene rings is 1. The van der Waals surface area contributed by atoms with E-state index in [2.05, 4.69) is 15.3 Å². The molecule has 0 radical (unpaired) electrons. The summed E-state index contributed by atoms with van der Waals surface area (Å²) in [7, 11) is 1.63. The lowest BCUT2D eigenvalue weighted by molar-refractivity contribution is -0.142. The second-order valence-electron chi connectivity index (χ2n) is 6.26. The van der Waals surface area contributed by atoms with Crippen LogP contribution in [0.4, 0.5) is 17.3 Å². The molecule has 138 valence electrons. The van der Waals surface area contributed by atoms with E-state index in [-0.39, 0.29) is 5.92 Å². The zero-order valence-electron chi connectivity index (χ0n) is 14.7. The quantitative estimate of drug-likeness (QED) is 0.719. The Balaban J connectivity index is 1.66. The molecule has 0 aliphatic carbocycles. The van der Waals surface area contributed by atoms with Crippen LogP contribution in [0.2, 0.25) is 0 Å². The van der Waals surface area contributed by atoms with Gasteiger partial charge in [0.15, 0.2) is 11.6 Å². The summed E-state index contributed by atoms with van der Waals surface area (Å²) in [5, 5.41) is 12.4. The van der Waals surface area contributed by atoms with Crippen LogP contribution in [0.5, 0.6) is 5.75 Å². The van der Waals surface area contributed by atoms with Gasteiger partial charge in [-0.15, -0.1) is 0 Å². The van der Waals surface area contributed by atoms with Crippen molar-refractivity contribution < 1.29 is 14.6 Å². The average molecular weight is 357 g/mol. The molecule has 8 heteroatoms. The van der Waals surface area contributed by atoms with Crippen molar-refractivity contribution in [1.82, 2.24) is 9.97 Å². The first-order valence-electron chi connectivity index (χ1n) is 8.53. The van der Waals surface area contributed by atoms with Gasteiger partial charge in [-0.05, 0) is 30.5 Å². The Kier molecular flexibility index (Phi) is 5.40. The average Bonchev–Trinajstić information content (AvgIpc) is 2.67. The summed E-state index contributed by atoms with van der Waals surface area (Å²) in [5.74, 6) is 1.01. The van der Waals surface area contributed by atoms with E-state index in [9.17, 15) is 4.79 Å². The maximum absolute atomic E-state index is 11.1. The van der Waals surface area contributed by atoms with Crippen LogP contribution < -0.4 is 20.7 Å². The van der Waals surface area contributed by atoms with Crippen molar-refractivity contribution in [2.45, 2.75) is 19.4 Å².